The van der Waals surface area contributed by atoms with Crippen molar-refractivity contribution in [2.24, 2.45) is 7.05 Å². The van der Waals surface area contributed by atoms with Gasteiger partial charge < -0.3 is 25.2 Å². The zero-order valence-corrected chi connectivity index (χ0v) is 19.9. The molecule has 1 saturated heterocycles. The number of halogens is 1. The normalized spacial score (nSPS) is 20.5. The topological polar surface area (TPSA) is 91.6 Å². The number of hydrogen-bond donors (Lipinski definition) is 3. The van der Waals surface area contributed by atoms with Gasteiger partial charge in [0, 0.05) is 49.5 Å². The Bertz CT molecular complexity index is 1300. The number of nitrogens with zero attached hydrogens (tertiary/aromatic N) is 3. The van der Waals surface area contributed by atoms with Crippen LogP contribution < -0.4 is 21.0 Å². The van der Waals surface area contributed by atoms with Crippen molar-refractivity contribution in [1.29, 1.82) is 0 Å². The molecule has 1 aromatic heterocycles. The van der Waals surface area contributed by atoms with Gasteiger partial charge in [0.2, 0.25) is 0 Å². The van der Waals surface area contributed by atoms with Crippen molar-refractivity contribution in [3.05, 3.63) is 47.4 Å². The van der Waals surface area contributed by atoms with E-state index < -0.39 is 18.8 Å². The molecular weight excluding hydrogens is 448 g/mol. The van der Waals surface area contributed by atoms with Crippen molar-refractivity contribution in [2.45, 2.75) is 50.8 Å². The lowest BCUT2D eigenvalue weighted by atomic mass is 9.79. The van der Waals surface area contributed by atoms with E-state index in [1.807, 2.05) is 13.1 Å². The van der Waals surface area contributed by atoms with E-state index in [2.05, 4.69) is 20.6 Å². The van der Waals surface area contributed by atoms with Crippen LogP contribution in [0.4, 0.5) is 15.8 Å². The maximum Gasteiger partial charge on any atom is 0.491 e. The van der Waals surface area contributed by atoms with Gasteiger partial charge in [0.05, 0.1) is 11.8 Å². The summed E-state index contributed by atoms with van der Waals surface area (Å²) in [5.41, 5.74) is 3.05. The second kappa shape index (κ2) is 8.62. The molecule has 0 radical (unpaired) electrons. The Labute approximate surface area is 203 Å². The zero-order chi connectivity index (χ0) is 24.3. The highest BCUT2D eigenvalue weighted by Gasteiger charge is 2.33. The minimum absolute atomic E-state index is 0.0699. The van der Waals surface area contributed by atoms with E-state index in [1.165, 1.54) is 18.9 Å². The highest BCUT2D eigenvalue weighted by atomic mass is 19.1. The summed E-state index contributed by atoms with van der Waals surface area (Å²) in [7, 11) is 0.806. The van der Waals surface area contributed by atoms with Crippen LogP contribution in [-0.2, 0) is 11.7 Å². The molecule has 8 nitrogen and oxygen atoms in total. The number of benzene rings is 2. The summed E-state index contributed by atoms with van der Waals surface area (Å²) in [5, 5.41) is 21.7. The molecular formula is C25H29BFN5O3. The average molecular weight is 477 g/mol. The van der Waals surface area contributed by atoms with Gasteiger partial charge in [-0.15, -0.1) is 0 Å². The van der Waals surface area contributed by atoms with E-state index in [9.17, 15) is 9.82 Å². The second-order valence-electron chi connectivity index (χ2n) is 9.95. The molecule has 1 aliphatic carbocycles. The van der Waals surface area contributed by atoms with E-state index in [-0.39, 0.29) is 11.7 Å². The van der Waals surface area contributed by atoms with Crippen LogP contribution in [0.1, 0.15) is 54.6 Å². The van der Waals surface area contributed by atoms with Crippen LogP contribution in [-0.4, -0.2) is 53.0 Å². The lowest BCUT2D eigenvalue weighted by molar-refractivity contribution is 0.102. The predicted molar refractivity (Wildman–Crippen MR) is 134 cm³/mol. The molecule has 3 heterocycles. The van der Waals surface area contributed by atoms with Gasteiger partial charge in [-0.1, -0.05) is 6.07 Å². The molecule has 1 amide bonds. The van der Waals surface area contributed by atoms with Gasteiger partial charge in [0.1, 0.15) is 16.9 Å². The molecule has 3 N–H and O–H groups in total. The third-order valence-corrected chi connectivity index (χ3v) is 7.34. The fourth-order valence-corrected chi connectivity index (χ4v) is 5.35. The van der Waals surface area contributed by atoms with Crippen LogP contribution >= 0.6 is 0 Å². The lowest BCUT2D eigenvalue weighted by Crippen LogP contribution is -2.43. The van der Waals surface area contributed by atoms with Gasteiger partial charge in [-0.3, -0.25) is 9.48 Å². The lowest BCUT2D eigenvalue weighted by Gasteiger charge is -2.34. The summed E-state index contributed by atoms with van der Waals surface area (Å²) >= 11 is 0. The van der Waals surface area contributed by atoms with Crippen molar-refractivity contribution in [3.8, 4) is 0 Å². The molecule has 0 spiro atoms. The van der Waals surface area contributed by atoms with Crippen molar-refractivity contribution in [2.75, 3.05) is 23.3 Å². The number of aryl methyl sites for hydroxylation is 1. The molecule has 3 aromatic rings. The fraction of sp³-hybridized carbons (Fsp3) is 0.440. The molecule has 35 heavy (non-hydrogen) atoms. The minimum Gasteiger partial charge on any atom is -0.423 e. The van der Waals surface area contributed by atoms with Crippen LogP contribution in [0.2, 0.25) is 0 Å². The summed E-state index contributed by atoms with van der Waals surface area (Å²) in [5.74, 6) is -1.15. The summed E-state index contributed by atoms with van der Waals surface area (Å²) in [6.45, 7) is 3.50. The van der Waals surface area contributed by atoms with Gasteiger partial charge in [-0.05, 0) is 61.8 Å². The van der Waals surface area contributed by atoms with Crippen molar-refractivity contribution in [1.82, 2.24) is 15.1 Å². The van der Waals surface area contributed by atoms with Crippen LogP contribution in [0, 0.1) is 5.82 Å². The Morgan fingerprint density at radius 3 is 2.69 bits per heavy atom. The molecule has 3 aliphatic rings. The monoisotopic (exact) mass is 477 g/mol. The first-order chi connectivity index (χ1) is 16.9. The smallest absolute Gasteiger partial charge is 0.423 e. The maximum absolute atomic E-state index is 15.5. The minimum atomic E-state index is -0.975. The number of carbonyl (C=O) groups is 1. The number of carbonyl (C=O) groups excluding carboxylic acids is 1. The number of hydrogen-bond acceptors (Lipinski definition) is 6. The van der Waals surface area contributed by atoms with E-state index in [4.69, 9.17) is 4.65 Å². The van der Waals surface area contributed by atoms with Gasteiger partial charge in [0.25, 0.3) is 5.91 Å². The SMILES string of the molecule is CC1OB(O)c2ccc(NC(=O)c3c(F)cc(N4CCC(NC5CC5)CC4)c4cn(C)nc34)cc21. The molecule has 0 bridgehead atoms. The maximum atomic E-state index is 15.5. The van der Waals surface area contributed by atoms with Crippen molar-refractivity contribution < 1.29 is 18.9 Å². The van der Waals surface area contributed by atoms with Gasteiger partial charge in [0.15, 0.2) is 0 Å². The molecule has 182 valence electrons. The van der Waals surface area contributed by atoms with E-state index in [0.717, 1.165) is 42.6 Å². The summed E-state index contributed by atoms with van der Waals surface area (Å²) in [6, 6.07) is 7.83. The number of anilines is 2. The number of nitrogens with one attached hydrogen (secondary N) is 2. The Hall–Kier alpha value is -2.95. The van der Waals surface area contributed by atoms with Gasteiger partial charge >= 0.3 is 7.12 Å². The van der Waals surface area contributed by atoms with Crippen LogP contribution in [0.5, 0.6) is 0 Å². The number of piperidine rings is 1. The van der Waals surface area contributed by atoms with Crippen molar-refractivity contribution in [3.63, 3.8) is 0 Å². The Morgan fingerprint density at radius 2 is 1.94 bits per heavy atom. The average Bonchev–Trinajstić information content (AvgIpc) is 3.49. The summed E-state index contributed by atoms with van der Waals surface area (Å²) in [6.07, 6.45) is 6.12. The van der Waals surface area contributed by atoms with Crippen LogP contribution in [0.25, 0.3) is 10.9 Å². The summed E-state index contributed by atoms with van der Waals surface area (Å²) in [4.78, 5) is 15.4. The van der Waals surface area contributed by atoms with Crippen molar-refractivity contribution >= 4 is 40.8 Å². The predicted octanol–water partition coefficient (Wildman–Crippen LogP) is 2.46. The number of fused-ring (bicyclic) bond motifs is 2. The van der Waals surface area contributed by atoms with E-state index in [1.54, 1.807) is 29.9 Å². The third kappa shape index (κ3) is 4.19. The van der Waals surface area contributed by atoms with E-state index >= 15 is 4.39 Å². The number of aromatic nitrogens is 2. The van der Waals surface area contributed by atoms with Gasteiger partial charge in [-0.25, -0.2) is 4.39 Å². The fourth-order valence-electron chi connectivity index (χ4n) is 5.35. The van der Waals surface area contributed by atoms with Crippen LogP contribution in [0.3, 0.4) is 0 Å². The first-order valence-corrected chi connectivity index (χ1v) is 12.3. The zero-order valence-electron chi connectivity index (χ0n) is 19.9. The molecule has 2 aliphatic heterocycles. The quantitative estimate of drug-likeness (QED) is 0.490. The second-order valence-corrected chi connectivity index (χ2v) is 9.95. The molecule has 10 heteroatoms. The van der Waals surface area contributed by atoms with E-state index in [0.29, 0.717) is 28.8 Å². The molecule has 2 aromatic carbocycles. The molecule has 1 saturated carbocycles. The van der Waals surface area contributed by atoms with Crippen LogP contribution in [0.15, 0.2) is 30.5 Å². The first-order valence-electron chi connectivity index (χ1n) is 12.3. The highest BCUT2D eigenvalue weighted by molar-refractivity contribution is 6.61. The standard InChI is InChI=1S/C25H29BFN5O3/c1-14-18-11-17(5-6-20(18)26(34)35-14)29-25(33)23-21(27)12-22(19-13-31(2)30-24(19)23)32-9-7-16(8-10-32)28-15-3-4-15/h5-6,11-16,28,34H,3-4,7-10H2,1-2H3,(H,29,33). The highest BCUT2D eigenvalue weighted by Crippen LogP contribution is 2.34. The molecule has 1 atom stereocenters. The third-order valence-electron chi connectivity index (χ3n) is 7.34. The molecule has 1 unspecified atom stereocenters. The Balaban J connectivity index is 1.27. The summed E-state index contributed by atoms with van der Waals surface area (Å²) < 4.78 is 22.5. The Kier molecular flexibility index (Phi) is 5.54. The molecule has 2 fully saturated rings. The molecule has 6 rings (SSSR count). The number of rotatable bonds is 5. The van der Waals surface area contributed by atoms with Gasteiger partial charge in [-0.2, -0.15) is 5.10 Å². The number of amides is 1. The first kappa shape index (κ1) is 22.5. The largest absolute Gasteiger partial charge is 0.491 e. The Morgan fingerprint density at radius 1 is 1.20 bits per heavy atom.